The number of aromatic nitrogens is 2. The first-order chi connectivity index (χ1) is 28.9. The predicted octanol–water partition coefficient (Wildman–Crippen LogP) is 4.55. The summed E-state index contributed by atoms with van der Waals surface area (Å²) in [5.74, 6) is -0.125. The second kappa shape index (κ2) is 18.6. The van der Waals surface area contributed by atoms with E-state index in [2.05, 4.69) is 31.2 Å². The highest BCUT2D eigenvalue weighted by Gasteiger charge is 2.39. The molecule has 3 amide bonds. The van der Waals surface area contributed by atoms with Crippen molar-refractivity contribution in [2.75, 3.05) is 57.7 Å². The molecule has 5 heterocycles. The molecule has 0 bridgehead atoms. The van der Waals surface area contributed by atoms with Crippen molar-refractivity contribution in [2.45, 2.75) is 69.9 Å². The number of nitrogens with one attached hydrogen (secondary N) is 2. The van der Waals surface area contributed by atoms with Gasteiger partial charge >= 0.3 is 0 Å². The van der Waals surface area contributed by atoms with E-state index in [9.17, 15) is 14.4 Å². The van der Waals surface area contributed by atoms with Crippen LogP contribution in [0.25, 0.3) is 16.7 Å². The van der Waals surface area contributed by atoms with Gasteiger partial charge in [0, 0.05) is 101 Å². The number of morpholine rings is 1. The average molecular weight is 821 g/mol. The number of aryl methyl sites for hydroxylation is 1. The highest BCUT2D eigenvalue weighted by molar-refractivity contribution is 5.94. The number of hydrogen-bond donors (Lipinski definition) is 5. The number of likely N-dealkylation sites (tertiary alicyclic amines) is 2. The minimum absolute atomic E-state index is 0.101. The summed E-state index contributed by atoms with van der Waals surface area (Å²) in [5, 5.41) is 6.32. The number of piperidine rings is 2. The van der Waals surface area contributed by atoms with Gasteiger partial charge in [0.25, 0.3) is 5.91 Å². The van der Waals surface area contributed by atoms with Crippen LogP contribution in [0.15, 0.2) is 90.7 Å². The van der Waals surface area contributed by atoms with E-state index in [1.165, 1.54) is 0 Å². The minimum atomic E-state index is -1.36. The van der Waals surface area contributed by atoms with Crippen molar-refractivity contribution < 1.29 is 23.5 Å². The SMILES string of the molecule is Cc1cn(C2CCN(CC3(F)CCN(C(=O)c4ccc(C5CN(C(/C=C(\N)c6ccccc6)=C(N)N)CC(C)O5)cc4)CC3)CC2)c2ncc(NC(=O)CCNC=O)cc12. The van der Waals surface area contributed by atoms with E-state index in [0.29, 0.717) is 74.6 Å². The Bertz CT molecular complexity index is 2210. The first-order valence-electron chi connectivity index (χ1n) is 20.8. The van der Waals surface area contributed by atoms with Gasteiger partial charge in [-0.2, -0.15) is 0 Å². The number of ether oxygens (including phenoxy) is 1. The van der Waals surface area contributed by atoms with Crippen LogP contribution >= 0.6 is 0 Å². The summed E-state index contributed by atoms with van der Waals surface area (Å²) in [7, 11) is 0. The van der Waals surface area contributed by atoms with Crippen LogP contribution in [0.1, 0.15) is 78.2 Å². The number of halogens is 1. The van der Waals surface area contributed by atoms with E-state index in [0.717, 1.165) is 53.7 Å². The zero-order chi connectivity index (χ0) is 42.4. The zero-order valence-corrected chi connectivity index (χ0v) is 34.5. The van der Waals surface area contributed by atoms with Gasteiger partial charge in [0.1, 0.15) is 23.2 Å². The smallest absolute Gasteiger partial charge is 0.253 e. The third kappa shape index (κ3) is 9.91. The second-order valence-electron chi connectivity index (χ2n) is 16.4. The maximum Gasteiger partial charge on any atom is 0.253 e. The fraction of sp³-hybridized carbons (Fsp3) is 0.422. The highest BCUT2D eigenvalue weighted by Crippen LogP contribution is 2.34. The number of benzene rings is 2. The molecule has 7 rings (SSSR count). The van der Waals surface area contributed by atoms with Crippen molar-refractivity contribution in [3.63, 3.8) is 0 Å². The molecule has 15 heteroatoms. The van der Waals surface area contributed by atoms with Crippen LogP contribution in [0.2, 0.25) is 0 Å². The third-order valence-corrected chi connectivity index (χ3v) is 12.0. The van der Waals surface area contributed by atoms with E-state index in [4.69, 9.17) is 26.9 Å². The number of pyridine rings is 1. The van der Waals surface area contributed by atoms with Crippen molar-refractivity contribution in [1.29, 1.82) is 0 Å². The van der Waals surface area contributed by atoms with E-state index in [1.54, 1.807) is 11.1 Å². The summed E-state index contributed by atoms with van der Waals surface area (Å²) < 4.78 is 24.9. The van der Waals surface area contributed by atoms with Crippen LogP contribution in [0.4, 0.5) is 10.1 Å². The van der Waals surface area contributed by atoms with Crippen LogP contribution in [0.5, 0.6) is 0 Å². The molecule has 2 aromatic heterocycles. The Kier molecular flexibility index (Phi) is 13.0. The molecule has 14 nitrogen and oxygen atoms in total. The third-order valence-electron chi connectivity index (χ3n) is 12.0. The van der Waals surface area contributed by atoms with Gasteiger partial charge in [-0.25, -0.2) is 9.37 Å². The zero-order valence-electron chi connectivity index (χ0n) is 34.5. The molecule has 3 saturated heterocycles. The molecule has 60 heavy (non-hydrogen) atoms. The molecule has 2 aromatic carbocycles. The fourth-order valence-electron chi connectivity index (χ4n) is 8.71. The number of carbonyl (C=O) groups excluding carboxylic acids is 3. The number of allylic oxidation sites excluding steroid dienone is 1. The molecule has 8 N–H and O–H groups in total. The first-order valence-corrected chi connectivity index (χ1v) is 20.8. The Morgan fingerprint density at radius 1 is 0.967 bits per heavy atom. The topological polar surface area (TPSA) is 190 Å². The second-order valence-corrected chi connectivity index (χ2v) is 16.4. The number of anilines is 1. The fourth-order valence-corrected chi connectivity index (χ4v) is 8.71. The van der Waals surface area contributed by atoms with E-state index < -0.39 is 5.67 Å². The molecule has 3 aliphatic rings. The molecule has 2 atom stereocenters. The van der Waals surface area contributed by atoms with Crippen molar-refractivity contribution in [3.05, 3.63) is 113 Å². The molecule has 0 spiro atoms. The first kappa shape index (κ1) is 42.2. The number of nitrogens with zero attached hydrogens (tertiary/aromatic N) is 5. The number of rotatable bonds is 13. The predicted molar refractivity (Wildman–Crippen MR) is 231 cm³/mol. The molecule has 0 radical (unpaired) electrons. The van der Waals surface area contributed by atoms with Crippen LogP contribution in [0, 0.1) is 6.92 Å². The van der Waals surface area contributed by atoms with Gasteiger partial charge in [-0.1, -0.05) is 42.5 Å². The molecule has 3 fully saturated rings. The number of nitrogens with two attached hydrogens (primary N) is 3. The normalized spacial score (nSPS) is 20.1. The van der Waals surface area contributed by atoms with Crippen LogP contribution in [-0.4, -0.2) is 107 Å². The Labute approximate surface area is 350 Å². The molecule has 4 aromatic rings. The van der Waals surface area contributed by atoms with Gasteiger partial charge in [0.05, 0.1) is 23.7 Å². The van der Waals surface area contributed by atoms with Gasteiger partial charge < -0.3 is 51.8 Å². The number of carbonyl (C=O) groups is 3. The summed E-state index contributed by atoms with van der Waals surface area (Å²) in [4.78, 5) is 47.1. The molecular weight excluding hydrogens is 764 g/mol. The Morgan fingerprint density at radius 3 is 2.37 bits per heavy atom. The lowest BCUT2D eigenvalue weighted by atomic mass is 9.91. The molecule has 318 valence electrons. The largest absolute Gasteiger partial charge is 0.398 e. The minimum Gasteiger partial charge on any atom is -0.398 e. The van der Waals surface area contributed by atoms with E-state index in [1.807, 2.05) is 80.6 Å². The molecule has 0 aliphatic carbocycles. The number of fused-ring (bicyclic) bond motifs is 1. The monoisotopic (exact) mass is 820 g/mol. The van der Waals surface area contributed by atoms with Gasteiger partial charge in [-0.3, -0.25) is 14.4 Å². The van der Waals surface area contributed by atoms with Gasteiger partial charge in [0.15, 0.2) is 0 Å². The van der Waals surface area contributed by atoms with Crippen LogP contribution in [-0.2, 0) is 14.3 Å². The quantitative estimate of drug-likeness (QED) is 0.0727. The Balaban J connectivity index is 0.896. The van der Waals surface area contributed by atoms with Gasteiger partial charge in [0.2, 0.25) is 12.3 Å². The van der Waals surface area contributed by atoms with Gasteiger partial charge in [-0.05, 0) is 67.7 Å². The van der Waals surface area contributed by atoms with Crippen molar-refractivity contribution in [3.8, 4) is 0 Å². The Hall–Kier alpha value is -5.93. The maximum absolute atomic E-state index is 16.3. The lowest BCUT2D eigenvalue weighted by Crippen LogP contribution is -2.51. The highest BCUT2D eigenvalue weighted by atomic mass is 19.1. The molecular formula is C45H57FN10O4. The molecule has 2 unspecified atom stereocenters. The molecule has 3 aliphatic heterocycles. The lowest BCUT2D eigenvalue weighted by Gasteiger charge is -2.41. The average Bonchev–Trinajstić information content (AvgIpc) is 3.58. The summed E-state index contributed by atoms with van der Waals surface area (Å²) in [5.41, 5.74) is 23.5. The van der Waals surface area contributed by atoms with Crippen LogP contribution < -0.4 is 27.8 Å². The number of alkyl halides is 1. The van der Waals surface area contributed by atoms with E-state index >= 15 is 4.39 Å². The summed E-state index contributed by atoms with van der Waals surface area (Å²) >= 11 is 0. The van der Waals surface area contributed by atoms with E-state index in [-0.39, 0.29) is 48.9 Å². The van der Waals surface area contributed by atoms with Crippen molar-refractivity contribution in [2.24, 2.45) is 17.2 Å². The lowest BCUT2D eigenvalue weighted by molar-refractivity contribution is -0.116. The summed E-state index contributed by atoms with van der Waals surface area (Å²) in [6, 6.07) is 19.3. The van der Waals surface area contributed by atoms with Gasteiger partial charge in [-0.15, -0.1) is 0 Å². The van der Waals surface area contributed by atoms with Crippen molar-refractivity contribution in [1.82, 2.24) is 29.6 Å². The summed E-state index contributed by atoms with van der Waals surface area (Å²) in [6.45, 7) is 8.00. The van der Waals surface area contributed by atoms with Crippen LogP contribution in [0.3, 0.4) is 0 Å². The van der Waals surface area contributed by atoms with Crippen molar-refractivity contribution >= 4 is 40.6 Å². The summed E-state index contributed by atoms with van der Waals surface area (Å²) in [6.07, 6.45) is 8.25. The maximum atomic E-state index is 16.3. The number of amides is 3. The molecule has 0 saturated carbocycles. The Morgan fingerprint density at radius 2 is 1.68 bits per heavy atom. The standard InChI is InChI=1S/C45H57FN10O4/c1-30-25-56(43-37(30)22-35(24-51-43)52-41(58)12-17-50-29-57)36-13-18-53(19-14-36)28-45(46)15-20-54(21-16-45)44(59)34-10-8-33(9-11-34)40-27-55(26-31(2)60-40)39(42(48)49)23-38(47)32-6-4-3-5-7-32/h3-11,22-25,29,31,36,40H,12-21,26-28,47-49H2,1-2H3,(H,50,57)(H,52,58)/b38-23-. The number of hydrogen-bond acceptors (Lipinski definition) is 10.